The monoisotopic (exact) mass is 335 g/mol. The molecule has 0 aliphatic carbocycles. The van der Waals surface area contributed by atoms with E-state index in [1.807, 2.05) is 68.5 Å². The van der Waals surface area contributed by atoms with Gasteiger partial charge in [0.2, 0.25) is 5.91 Å². The van der Waals surface area contributed by atoms with Crippen molar-refractivity contribution in [3.05, 3.63) is 71.8 Å². The SMILES string of the molecule is CCOc1ccc(NC(=O)/C=C/C2=Cc3ccccc3OC2C)cc1. The largest absolute Gasteiger partial charge is 0.494 e. The molecule has 1 amide bonds. The Kier molecular flexibility index (Phi) is 5.19. The van der Waals surface area contributed by atoms with Crippen LogP contribution in [0.5, 0.6) is 11.5 Å². The third-order valence-electron chi connectivity index (χ3n) is 3.87. The van der Waals surface area contributed by atoms with Crippen LogP contribution in [0.3, 0.4) is 0 Å². The maximum atomic E-state index is 12.1. The first-order valence-corrected chi connectivity index (χ1v) is 8.35. The minimum atomic E-state index is -0.184. The first-order chi connectivity index (χ1) is 12.2. The van der Waals surface area contributed by atoms with Gasteiger partial charge >= 0.3 is 0 Å². The minimum absolute atomic E-state index is 0.0931. The standard InChI is InChI=1S/C21H21NO3/c1-3-24-19-11-9-18(10-12-19)22-21(23)13-8-16-14-17-6-4-5-7-20(17)25-15(16)2/h4-15H,3H2,1-2H3,(H,22,23)/b13-8+. The number of carbonyl (C=O) groups excluding carboxylic acids is 1. The molecule has 1 atom stereocenters. The average Bonchev–Trinajstić information content (AvgIpc) is 2.62. The lowest BCUT2D eigenvalue weighted by Gasteiger charge is -2.22. The molecular formula is C21H21NO3. The van der Waals surface area contributed by atoms with Crippen LogP contribution in [0, 0.1) is 0 Å². The quantitative estimate of drug-likeness (QED) is 0.822. The van der Waals surface area contributed by atoms with Gasteiger partial charge in [0.15, 0.2) is 0 Å². The molecule has 2 aromatic carbocycles. The molecule has 0 spiro atoms. The maximum Gasteiger partial charge on any atom is 0.248 e. The fourth-order valence-corrected chi connectivity index (χ4v) is 2.60. The van der Waals surface area contributed by atoms with Crippen LogP contribution in [0.1, 0.15) is 19.4 Å². The highest BCUT2D eigenvalue weighted by Gasteiger charge is 2.16. The Labute approximate surface area is 147 Å². The lowest BCUT2D eigenvalue weighted by atomic mass is 10.0. The van der Waals surface area contributed by atoms with Gasteiger partial charge in [0, 0.05) is 17.3 Å². The van der Waals surface area contributed by atoms with E-state index in [0.29, 0.717) is 6.61 Å². The summed E-state index contributed by atoms with van der Waals surface area (Å²) in [5.41, 5.74) is 2.71. The Morgan fingerprint density at radius 1 is 1.20 bits per heavy atom. The number of anilines is 1. The Morgan fingerprint density at radius 2 is 1.96 bits per heavy atom. The van der Waals surface area contributed by atoms with Gasteiger partial charge in [0.1, 0.15) is 17.6 Å². The van der Waals surface area contributed by atoms with E-state index in [4.69, 9.17) is 9.47 Å². The first-order valence-electron chi connectivity index (χ1n) is 8.35. The van der Waals surface area contributed by atoms with Crippen molar-refractivity contribution in [2.75, 3.05) is 11.9 Å². The molecule has 0 aromatic heterocycles. The second-order valence-electron chi connectivity index (χ2n) is 5.72. The van der Waals surface area contributed by atoms with Crippen molar-refractivity contribution in [2.45, 2.75) is 20.0 Å². The number of fused-ring (bicyclic) bond motifs is 1. The fourth-order valence-electron chi connectivity index (χ4n) is 2.60. The van der Waals surface area contributed by atoms with E-state index in [-0.39, 0.29) is 12.0 Å². The van der Waals surface area contributed by atoms with E-state index >= 15 is 0 Å². The van der Waals surface area contributed by atoms with Gasteiger partial charge < -0.3 is 14.8 Å². The van der Waals surface area contributed by atoms with Crippen LogP contribution in [0.2, 0.25) is 0 Å². The molecule has 4 nitrogen and oxygen atoms in total. The highest BCUT2D eigenvalue weighted by atomic mass is 16.5. The maximum absolute atomic E-state index is 12.1. The predicted octanol–water partition coefficient (Wildman–Crippen LogP) is 4.44. The zero-order valence-corrected chi connectivity index (χ0v) is 14.4. The van der Waals surface area contributed by atoms with Gasteiger partial charge in [0.05, 0.1) is 6.61 Å². The highest BCUT2D eigenvalue weighted by Crippen LogP contribution is 2.29. The summed E-state index contributed by atoms with van der Waals surface area (Å²) in [7, 11) is 0. The number of benzene rings is 2. The number of hydrogen-bond donors (Lipinski definition) is 1. The summed E-state index contributed by atoms with van der Waals surface area (Å²) in [5.74, 6) is 1.47. The van der Waals surface area contributed by atoms with Gasteiger partial charge in [-0.1, -0.05) is 18.2 Å². The van der Waals surface area contributed by atoms with Crippen molar-refractivity contribution in [2.24, 2.45) is 0 Å². The predicted molar refractivity (Wildman–Crippen MR) is 99.9 cm³/mol. The second kappa shape index (κ2) is 7.71. The van der Waals surface area contributed by atoms with Gasteiger partial charge in [-0.2, -0.15) is 0 Å². The Bertz CT molecular complexity index is 806. The molecule has 0 saturated carbocycles. The lowest BCUT2D eigenvalue weighted by molar-refractivity contribution is -0.111. The molecule has 3 rings (SSSR count). The molecule has 1 unspecified atom stereocenters. The molecular weight excluding hydrogens is 314 g/mol. The Hall–Kier alpha value is -3.01. The summed E-state index contributed by atoms with van der Waals surface area (Å²) in [6.45, 7) is 4.52. The summed E-state index contributed by atoms with van der Waals surface area (Å²) in [4.78, 5) is 12.1. The summed E-state index contributed by atoms with van der Waals surface area (Å²) in [6.07, 6.45) is 5.27. The summed E-state index contributed by atoms with van der Waals surface area (Å²) < 4.78 is 11.3. The number of amides is 1. The molecule has 0 radical (unpaired) electrons. The van der Waals surface area contributed by atoms with Crippen LogP contribution in [0.15, 0.2) is 66.3 Å². The Balaban J connectivity index is 1.65. The number of ether oxygens (including phenoxy) is 2. The van der Waals surface area contributed by atoms with Gasteiger partial charge in [-0.15, -0.1) is 0 Å². The number of rotatable bonds is 5. The van der Waals surface area contributed by atoms with Crippen LogP contribution >= 0.6 is 0 Å². The second-order valence-corrected chi connectivity index (χ2v) is 5.72. The zero-order valence-electron chi connectivity index (χ0n) is 14.4. The van der Waals surface area contributed by atoms with Crippen LogP contribution in [0.25, 0.3) is 6.08 Å². The van der Waals surface area contributed by atoms with Crippen LogP contribution in [0.4, 0.5) is 5.69 Å². The molecule has 0 bridgehead atoms. The number of carbonyl (C=O) groups is 1. The molecule has 4 heteroatoms. The Morgan fingerprint density at radius 3 is 2.72 bits per heavy atom. The van der Waals surface area contributed by atoms with E-state index in [0.717, 1.165) is 28.3 Å². The molecule has 1 aliphatic heterocycles. The summed E-state index contributed by atoms with van der Waals surface area (Å²) >= 11 is 0. The van der Waals surface area contributed by atoms with Crippen molar-refractivity contribution < 1.29 is 14.3 Å². The highest BCUT2D eigenvalue weighted by molar-refractivity contribution is 5.99. The van der Waals surface area contributed by atoms with E-state index < -0.39 is 0 Å². The minimum Gasteiger partial charge on any atom is -0.494 e. The van der Waals surface area contributed by atoms with Crippen molar-refractivity contribution in [3.63, 3.8) is 0 Å². The molecule has 0 saturated heterocycles. The molecule has 2 aromatic rings. The van der Waals surface area contributed by atoms with Gasteiger partial charge in [0.25, 0.3) is 0 Å². The average molecular weight is 335 g/mol. The smallest absolute Gasteiger partial charge is 0.248 e. The van der Waals surface area contributed by atoms with Crippen LogP contribution in [-0.2, 0) is 4.79 Å². The fraction of sp³-hybridized carbons (Fsp3) is 0.190. The summed E-state index contributed by atoms with van der Waals surface area (Å²) in [6, 6.07) is 15.2. The molecule has 1 heterocycles. The molecule has 0 fully saturated rings. The molecule has 128 valence electrons. The molecule has 25 heavy (non-hydrogen) atoms. The van der Waals surface area contributed by atoms with Crippen molar-refractivity contribution in [1.82, 2.24) is 0 Å². The van der Waals surface area contributed by atoms with Crippen molar-refractivity contribution >= 4 is 17.7 Å². The van der Waals surface area contributed by atoms with Gasteiger partial charge in [-0.3, -0.25) is 4.79 Å². The van der Waals surface area contributed by atoms with E-state index in [9.17, 15) is 4.79 Å². The van der Waals surface area contributed by atoms with Crippen molar-refractivity contribution in [1.29, 1.82) is 0 Å². The van der Waals surface area contributed by atoms with E-state index in [1.165, 1.54) is 6.08 Å². The number of hydrogen-bond acceptors (Lipinski definition) is 3. The summed E-state index contributed by atoms with van der Waals surface area (Å²) in [5, 5.41) is 2.84. The third-order valence-corrected chi connectivity index (χ3v) is 3.87. The van der Waals surface area contributed by atoms with Crippen LogP contribution in [-0.4, -0.2) is 18.6 Å². The molecule has 1 aliphatic rings. The lowest BCUT2D eigenvalue weighted by Crippen LogP contribution is -2.18. The van der Waals surface area contributed by atoms with Gasteiger partial charge in [-0.05, 0) is 61.9 Å². The first kappa shape index (κ1) is 16.8. The van der Waals surface area contributed by atoms with E-state index in [1.54, 1.807) is 6.08 Å². The van der Waals surface area contributed by atoms with E-state index in [2.05, 4.69) is 5.32 Å². The van der Waals surface area contributed by atoms with Gasteiger partial charge in [-0.25, -0.2) is 0 Å². The normalized spacial score (nSPS) is 15.9. The number of para-hydroxylation sites is 1. The van der Waals surface area contributed by atoms with Crippen LogP contribution < -0.4 is 14.8 Å². The topological polar surface area (TPSA) is 47.6 Å². The number of nitrogens with one attached hydrogen (secondary N) is 1. The zero-order chi connectivity index (χ0) is 17.6. The third kappa shape index (κ3) is 4.29. The van der Waals surface area contributed by atoms with Crippen molar-refractivity contribution in [3.8, 4) is 11.5 Å². The molecule has 1 N–H and O–H groups in total.